The quantitative estimate of drug-likeness (QED) is 0.610. The molecule has 0 amide bonds. The Kier molecular flexibility index (Phi) is 4.35. The van der Waals surface area contributed by atoms with E-state index in [4.69, 9.17) is 5.11 Å². The van der Waals surface area contributed by atoms with Crippen LogP contribution in [0.5, 0.6) is 5.75 Å². The van der Waals surface area contributed by atoms with Gasteiger partial charge >= 0.3 is 6.16 Å². The molecule has 146 valence electrons. The number of aromatic nitrogens is 4. The molecule has 0 bridgehead atoms. The number of benzene rings is 1. The van der Waals surface area contributed by atoms with Gasteiger partial charge in [-0.1, -0.05) is 0 Å². The van der Waals surface area contributed by atoms with Crippen LogP contribution in [0.3, 0.4) is 0 Å². The van der Waals surface area contributed by atoms with Crippen LogP contribution in [0.15, 0.2) is 40.3 Å². The average molecular weight is 405 g/mol. The van der Waals surface area contributed by atoms with Crippen molar-refractivity contribution < 1.29 is 23.1 Å². The Balaban J connectivity index is 1.73. The summed E-state index contributed by atoms with van der Waals surface area (Å²) < 4.78 is 32.4. The third-order valence-corrected chi connectivity index (χ3v) is 6.24. The van der Waals surface area contributed by atoms with Crippen LogP contribution >= 0.6 is 0 Å². The van der Waals surface area contributed by atoms with Crippen LogP contribution in [0.25, 0.3) is 16.9 Å². The number of H-pyrrole nitrogens is 1. The second-order valence-electron chi connectivity index (χ2n) is 6.17. The van der Waals surface area contributed by atoms with Gasteiger partial charge in [0, 0.05) is 13.1 Å². The van der Waals surface area contributed by atoms with E-state index in [2.05, 4.69) is 19.8 Å². The lowest BCUT2D eigenvalue weighted by molar-refractivity contribution is 0.144. The number of nitrogens with one attached hydrogen (secondary N) is 1. The Morgan fingerprint density at radius 3 is 2.71 bits per heavy atom. The number of hydrogen-bond donors (Lipinski definition) is 2. The van der Waals surface area contributed by atoms with Crippen molar-refractivity contribution in [2.24, 2.45) is 0 Å². The maximum Gasteiger partial charge on any atom is 0.511 e. The summed E-state index contributed by atoms with van der Waals surface area (Å²) in [5.74, 6) is -0.00445. The summed E-state index contributed by atoms with van der Waals surface area (Å²) in [6, 6.07) is 4.17. The summed E-state index contributed by atoms with van der Waals surface area (Å²) in [7, 11) is -3.65. The Bertz CT molecular complexity index is 1230. The molecule has 1 aromatic carbocycles. The Labute approximate surface area is 158 Å². The number of sulfonamides is 1. The number of fused-ring (bicyclic) bond motifs is 1. The molecule has 3 heterocycles. The van der Waals surface area contributed by atoms with Gasteiger partial charge in [0.2, 0.25) is 16.0 Å². The van der Waals surface area contributed by atoms with Gasteiger partial charge in [-0.3, -0.25) is 9.78 Å². The zero-order valence-corrected chi connectivity index (χ0v) is 15.2. The fourth-order valence-electron chi connectivity index (χ4n) is 3.03. The van der Waals surface area contributed by atoms with E-state index in [9.17, 15) is 18.0 Å². The number of rotatable bonds is 4. The molecule has 0 atom stereocenters. The number of carboxylic acid groups (broad SMARTS) is 1. The minimum absolute atomic E-state index is 0.0351. The normalized spacial score (nSPS) is 15.1. The first-order chi connectivity index (χ1) is 13.3. The molecule has 0 unspecified atom stereocenters. The third-order valence-electron chi connectivity index (χ3n) is 4.35. The highest BCUT2D eigenvalue weighted by Gasteiger charge is 2.27. The van der Waals surface area contributed by atoms with Gasteiger partial charge in [-0.05, 0) is 31.0 Å². The molecule has 0 aliphatic carbocycles. The van der Waals surface area contributed by atoms with E-state index < -0.39 is 21.7 Å². The van der Waals surface area contributed by atoms with E-state index in [1.807, 2.05) is 0 Å². The molecular weight excluding hydrogens is 390 g/mol. The van der Waals surface area contributed by atoms with Crippen molar-refractivity contribution in [3.63, 3.8) is 0 Å². The van der Waals surface area contributed by atoms with Crippen LogP contribution in [0.1, 0.15) is 12.8 Å². The second kappa shape index (κ2) is 6.73. The minimum Gasteiger partial charge on any atom is -0.449 e. The standard InChI is InChI=1S/C16H15N5O6S/c22-14-12-7-11(28(25,26)20-5-1-2-6-20)3-4-13(12)18-15(19-14)21-9-10(8-17-21)27-16(23)24/h3-4,7-9H,1-2,5-6H2,(H,23,24)(H,18,19,22). The van der Waals surface area contributed by atoms with E-state index in [1.165, 1.54) is 28.7 Å². The Morgan fingerprint density at radius 1 is 1.25 bits per heavy atom. The Hall–Kier alpha value is -3.25. The minimum atomic E-state index is -3.65. The average Bonchev–Trinajstić information content (AvgIpc) is 3.33. The largest absolute Gasteiger partial charge is 0.511 e. The van der Waals surface area contributed by atoms with Crippen LogP contribution in [0.2, 0.25) is 0 Å². The summed E-state index contributed by atoms with van der Waals surface area (Å²) in [6.07, 6.45) is 2.53. The van der Waals surface area contributed by atoms with Crippen LogP contribution in [0.4, 0.5) is 4.79 Å². The van der Waals surface area contributed by atoms with Crippen molar-refractivity contribution in [2.45, 2.75) is 17.7 Å². The maximum atomic E-state index is 12.7. The summed E-state index contributed by atoms with van der Waals surface area (Å²) >= 11 is 0. The SMILES string of the molecule is O=C(O)Oc1cnn(-c2nc3ccc(S(=O)(=O)N4CCCC4)cc3c(=O)[nH]2)c1. The van der Waals surface area contributed by atoms with Gasteiger partial charge in [0.25, 0.3) is 5.56 Å². The number of carbonyl (C=O) groups is 1. The highest BCUT2D eigenvalue weighted by molar-refractivity contribution is 7.89. The zero-order chi connectivity index (χ0) is 19.9. The summed E-state index contributed by atoms with van der Waals surface area (Å²) in [4.78, 5) is 29.9. The first-order valence-electron chi connectivity index (χ1n) is 8.35. The second-order valence-corrected chi connectivity index (χ2v) is 8.11. The number of ether oxygens (including phenoxy) is 1. The maximum absolute atomic E-state index is 12.7. The molecule has 4 rings (SSSR count). The van der Waals surface area contributed by atoms with Crippen molar-refractivity contribution >= 4 is 27.1 Å². The molecule has 2 aromatic heterocycles. The molecule has 0 saturated carbocycles. The molecule has 1 aliphatic rings. The van der Waals surface area contributed by atoms with Crippen LogP contribution in [-0.2, 0) is 10.0 Å². The fraction of sp³-hybridized carbons (Fsp3) is 0.250. The topological polar surface area (TPSA) is 147 Å². The van der Waals surface area contributed by atoms with E-state index in [0.717, 1.165) is 23.7 Å². The molecule has 1 saturated heterocycles. The Morgan fingerprint density at radius 2 is 2.00 bits per heavy atom. The van der Waals surface area contributed by atoms with Crippen molar-refractivity contribution in [3.05, 3.63) is 40.9 Å². The monoisotopic (exact) mass is 405 g/mol. The smallest absolute Gasteiger partial charge is 0.449 e. The van der Waals surface area contributed by atoms with Gasteiger partial charge in [0.1, 0.15) is 0 Å². The van der Waals surface area contributed by atoms with E-state index in [0.29, 0.717) is 13.1 Å². The highest BCUT2D eigenvalue weighted by Crippen LogP contribution is 2.23. The number of aromatic amines is 1. The van der Waals surface area contributed by atoms with Gasteiger partial charge in [0.05, 0.1) is 28.2 Å². The van der Waals surface area contributed by atoms with Gasteiger partial charge in [-0.25, -0.2) is 22.9 Å². The molecule has 12 heteroatoms. The zero-order valence-electron chi connectivity index (χ0n) is 14.4. The molecular formula is C16H15N5O6S. The molecule has 0 spiro atoms. The highest BCUT2D eigenvalue weighted by atomic mass is 32.2. The van der Waals surface area contributed by atoms with Gasteiger partial charge in [0.15, 0.2) is 5.75 Å². The van der Waals surface area contributed by atoms with Crippen molar-refractivity contribution in [1.29, 1.82) is 0 Å². The van der Waals surface area contributed by atoms with Crippen molar-refractivity contribution in [2.75, 3.05) is 13.1 Å². The van der Waals surface area contributed by atoms with Crippen LogP contribution in [-0.4, -0.2) is 56.8 Å². The van der Waals surface area contributed by atoms with Crippen molar-refractivity contribution in [1.82, 2.24) is 24.1 Å². The molecule has 1 fully saturated rings. The molecule has 3 aromatic rings. The summed E-state index contributed by atoms with van der Waals surface area (Å²) in [5, 5.41) is 12.6. The van der Waals surface area contributed by atoms with Gasteiger partial charge in [-0.2, -0.15) is 9.40 Å². The van der Waals surface area contributed by atoms with Crippen molar-refractivity contribution in [3.8, 4) is 11.7 Å². The predicted octanol–water partition coefficient (Wildman–Crippen LogP) is 0.950. The summed E-state index contributed by atoms with van der Waals surface area (Å²) in [6.45, 7) is 0.932. The lowest BCUT2D eigenvalue weighted by Crippen LogP contribution is -2.28. The molecule has 28 heavy (non-hydrogen) atoms. The summed E-state index contributed by atoms with van der Waals surface area (Å²) in [5.41, 5.74) is -0.273. The van der Waals surface area contributed by atoms with E-state index >= 15 is 0 Å². The van der Waals surface area contributed by atoms with E-state index in [1.54, 1.807) is 0 Å². The lowest BCUT2D eigenvalue weighted by Gasteiger charge is -2.15. The van der Waals surface area contributed by atoms with Crippen LogP contribution in [0, 0.1) is 0 Å². The molecule has 1 aliphatic heterocycles. The number of hydrogen-bond acceptors (Lipinski definition) is 7. The van der Waals surface area contributed by atoms with Gasteiger partial charge in [-0.15, -0.1) is 0 Å². The molecule has 2 N–H and O–H groups in total. The predicted molar refractivity (Wildman–Crippen MR) is 96.1 cm³/mol. The number of nitrogens with zero attached hydrogens (tertiary/aromatic N) is 4. The first-order valence-corrected chi connectivity index (χ1v) is 9.79. The fourth-order valence-corrected chi connectivity index (χ4v) is 4.57. The van der Waals surface area contributed by atoms with Gasteiger partial charge < -0.3 is 9.84 Å². The lowest BCUT2D eigenvalue weighted by atomic mass is 10.2. The first kappa shape index (κ1) is 18.1. The van der Waals surface area contributed by atoms with Crippen LogP contribution < -0.4 is 10.3 Å². The molecule has 0 radical (unpaired) electrons. The van der Waals surface area contributed by atoms with E-state index in [-0.39, 0.29) is 27.5 Å². The molecule has 11 nitrogen and oxygen atoms in total. The third kappa shape index (κ3) is 3.23.